The molecule has 0 unspecified atom stereocenters. The number of hydrogen-bond donors (Lipinski definition) is 0. The highest BCUT2D eigenvalue weighted by atomic mass is 16.5. The first-order valence-electron chi connectivity index (χ1n) is 9.54. The highest BCUT2D eigenvalue weighted by molar-refractivity contribution is 5.81. The Morgan fingerprint density at radius 2 is 1.81 bits per heavy atom. The molecule has 0 spiro atoms. The molecule has 4 rings (SSSR count). The van der Waals surface area contributed by atoms with Crippen molar-refractivity contribution < 1.29 is 9.53 Å². The summed E-state index contributed by atoms with van der Waals surface area (Å²) in [6.45, 7) is 2.62. The molecule has 2 aromatic heterocycles. The second kappa shape index (κ2) is 7.56. The van der Waals surface area contributed by atoms with Crippen LogP contribution in [0.25, 0.3) is 16.8 Å². The summed E-state index contributed by atoms with van der Waals surface area (Å²) in [5.74, 6) is 0.509. The van der Waals surface area contributed by atoms with E-state index in [2.05, 4.69) is 5.10 Å². The van der Waals surface area contributed by atoms with Crippen LogP contribution in [0.5, 0.6) is 0 Å². The van der Waals surface area contributed by atoms with Crippen LogP contribution >= 0.6 is 0 Å². The van der Waals surface area contributed by atoms with Crippen LogP contribution in [0.3, 0.4) is 0 Å². The molecule has 1 amide bonds. The number of imidazole rings is 1. The van der Waals surface area contributed by atoms with Gasteiger partial charge in [-0.2, -0.15) is 0 Å². The van der Waals surface area contributed by atoms with Gasteiger partial charge in [0.15, 0.2) is 0 Å². The van der Waals surface area contributed by atoms with Crippen LogP contribution in [0, 0.1) is 0 Å². The Morgan fingerprint density at radius 1 is 1.11 bits per heavy atom. The van der Waals surface area contributed by atoms with E-state index in [9.17, 15) is 9.59 Å². The quantitative estimate of drug-likeness (QED) is 0.681. The highest BCUT2D eigenvalue weighted by Crippen LogP contribution is 2.18. The molecule has 1 aliphatic rings. The average molecular weight is 371 g/mol. The van der Waals surface area contributed by atoms with Crippen molar-refractivity contribution >= 4 is 22.7 Å². The number of carbonyl (C=O) groups excluding carboxylic acids is 1. The Morgan fingerprint density at radius 3 is 2.52 bits per heavy atom. The molecular weight excluding hydrogens is 346 g/mol. The lowest BCUT2D eigenvalue weighted by atomic mass is 10.2. The van der Waals surface area contributed by atoms with E-state index in [1.807, 2.05) is 33.7 Å². The third-order valence-electron chi connectivity index (χ3n) is 5.24. The van der Waals surface area contributed by atoms with E-state index in [0.29, 0.717) is 18.9 Å². The van der Waals surface area contributed by atoms with Gasteiger partial charge in [-0.3, -0.25) is 4.79 Å². The van der Waals surface area contributed by atoms with Gasteiger partial charge in [0.25, 0.3) is 0 Å². The summed E-state index contributed by atoms with van der Waals surface area (Å²) in [7, 11) is 1.65. The molecule has 3 heterocycles. The molecule has 1 aromatic carbocycles. The lowest BCUT2D eigenvalue weighted by Gasteiger charge is -2.19. The van der Waals surface area contributed by atoms with Gasteiger partial charge in [-0.15, -0.1) is 5.10 Å². The first kappa shape index (κ1) is 17.8. The Labute approximate surface area is 156 Å². The normalized spacial score (nSPS) is 15.5. The van der Waals surface area contributed by atoms with Crippen molar-refractivity contribution in [3.63, 3.8) is 0 Å². The number of benzene rings is 1. The minimum Gasteiger partial charge on any atom is -0.383 e. The number of rotatable bonds is 5. The predicted octanol–water partition coefficient (Wildman–Crippen LogP) is 1.50. The van der Waals surface area contributed by atoms with Gasteiger partial charge < -0.3 is 14.2 Å². The van der Waals surface area contributed by atoms with Gasteiger partial charge >= 0.3 is 5.69 Å². The van der Waals surface area contributed by atoms with Gasteiger partial charge in [-0.1, -0.05) is 25.0 Å². The summed E-state index contributed by atoms with van der Waals surface area (Å²) in [5.41, 5.74) is 1.45. The predicted molar refractivity (Wildman–Crippen MR) is 102 cm³/mol. The van der Waals surface area contributed by atoms with Crippen LogP contribution in [0.4, 0.5) is 0 Å². The number of methoxy groups -OCH3 is 1. The minimum atomic E-state index is -0.277. The molecule has 27 heavy (non-hydrogen) atoms. The van der Waals surface area contributed by atoms with Gasteiger partial charge in [0, 0.05) is 26.7 Å². The zero-order valence-corrected chi connectivity index (χ0v) is 15.6. The van der Waals surface area contributed by atoms with E-state index in [-0.39, 0.29) is 18.1 Å². The number of amides is 1. The van der Waals surface area contributed by atoms with Crippen LogP contribution in [0.1, 0.15) is 25.7 Å². The monoisotopic (exact) mass is 371 g/mol. The van der Waals surface area contributed by atoms with Crippen LogP contribution in [-0.2, 0) is 22.6 Å². The van der Waals surface area contributed by atoms with E-state index >= 15 is 0 Å². The Balaban J connectivity index is 1.71. The molecule has 3 aromatic rings. The van der Waals surface area contributed by atoms with Crippen molar-refractivity contribution in [2.75, 3.05) is 26.8 Å². The van der Waals surface area contributed by atoms with Crippen molar-refractivity contribution in [1.82, 2.24) is 23.6 Å². The number of para-hydroxylation sites is 2. The Bertz CT molecular complexity index is 1010. The molecule has 8 heteroatoms. The van der Waals surface area contributed by atoms with Gasteiger partial charge in [0.2, 0.25) is 11.7 Å². The number of nitrogens with zero attached hydrogens (tertiary/aromatic N) is 5. The maximum Gasteiger partial charge on any atom is 0.352 e. The second-order valence-electron chi connectivity index (χ2n) is 7.00. The van der Waals surface area contributed by atoms with E-state index in [1.165, 1.54) is 4.68 Å². The summed E-state index contributed by atoms with van der Waals surface area (Å²) in [4.78, 5) is 27.5. The van der Waals surface area contributed by atoms with Gasteiger partial charge in [0.1, 0.15) is 6.54 Å². The topological polar surface area (TPSA) is 73.8 Å². The largest absolute Gasteiger partial charge is 0.383 e. The number of fused-ring (bicyclic) bond motifs is 3. The molecular formula is C19H25N5O3. The van der Waals surface area contributed by atoms with Crippen molar-refractivity contribution in [2.24, 2.45) is 0 Å². The average Bonchev–Trinajstić information content (AvgIpc) is 2.99. The van der Waals surface area contributed by atoms with Crippen LogP contribution in [0.15, 0.2) is 29.1 Å². The minimum absolute atomic E-state index is 0.0148. The van der Waals surface area contributed by atoms with Crippen LogP contribution in [-0.4, -0.2) is 56.4 Å². The maximum absolute atomic E-state index is 13.0. The molecule has 0 bridgehead atoms. The van der Waals surface area contributed by atoms with E-state index in [4.69, 9.17) is 4.74 Å². The number of carbonyl (C=O) groups is 1. The smallest absolute Gasteiger partial charge is 0.352 e. The molecule has 1 saturated heterocycles. The number of hydrogen-bond acceptors (Lipinski definition) is 4. The van der Waals surface area contributed by atoms with Crippen molar-refractivity contribution in [2.45, 2.75) is 38.8 Å². The summed E-state index contributed by atoms with van der Waals surface area (Å²) in [6.07, 6.45) is 4.37. The maximum atomic E-state index is 13.0. The van der Waals surface area contributed by atoms with Crippen LogP contribution in [0.2, 0.25) is 0 Å². The van der Waals surface area contributed by atoms with Crippen molar-refractivity contribution in [3.8, 4) is 0 Å². The lowest BCUT2D eigenvalue weighted by molar-refractivity contribution is -0.132. The highest BCUT2D eigenvalue weighted by Gasteiger charge is 2.21. The zero-order chi connectivity index (χ0) is 18.8. The number of ether oxygens (including phenoxy) is 1. The molecule has 144 valence electrons. The Hall–Kier alpha value is -2.61. The van der Waals surface area contributed by atoms with Crippen molar-refractivity contribution in [3.05, 3.63) is 34.7 Å². The first-order chi connectivity index (χ1) is 13.2. The van der Waals surface area contributed by atoms with Gasteiger partial charge in [-0.25, -0.2) is 13.9 Å². The fourth-order valence-electron chi connectivity index (χ4n) is 3.83. The molecule has 8 nitrogen and oxygen atoms in total. The van der Waals surface area contributed by atoms with E-state index in [0.717, 1.165) is 49.8 Å². The van der Waals surface area contributed by atoms with Crippen LogP contribution < -0.4 is 5.69 Å². The molecule has 0 saturated carbocycles. The fourth-order valence-corrected chi connectivity index (χ4v) is 3.83. The third-order valence-corrected chi connectivity index (χ3v) is 5.24. The first-order valence-corrected chi connectivity index (χ1v) is 9.54. The Kier molecular flexibility index (Phi) is 4.98. The van der Waals surface area contributed by atoms with Crippen molar-refractivity contribution in [1.29, 1.82) is 0 Å². The molecule has 1 aliphatic heterocycles. The zero-order valence-electron chi connectivity index (χ0n) is 15.6. The summed E-state index contributed by atoms with van der Waals surface area (Å²) in [6, 6.07) is 7.70. The molecule has 0 N–H and O–H groups in total. The van der Waals surface area contributed by atoms with Gasteiger partial charge in [0.05, 0.1) is 17.6 Å². The second-order valence-corrected chi connectivity index (χ2v) is 7.00. The number of likely N-dealkylation sites (tertiary alicyclic amines) is 1. The van der Waals surface area contributed by atoms with E-state index in [1.54, 1.807) is 11.5 Å². The number of aromatic nitrogens is 4. The molecule has 0 aliphatic carbocycles. The molecule has 0 radical (unpaired) electrons. The third kappa shape index (κ3) is 3.25. The standard InChI is InChI=1S/C19H25N5O3/c1-27-13-12-22-15-8-4-5-9-16(15)24-18(22)20-23(19(24)26)14-17(25)21-10-6-2-3-7-11-21/h4-5,8-9H,2-3,6-7,10-14H2,1H3. The summed E-state index contributed by atoms with van der Waals surface area (Å²) < 4.78 is 10.0. The molecule has 0 atom stereocenters. The fraction of sp³-hybridized carbons (Fsp3) is 0.526. The SMILES string of the molecule is COCCn1c2ccccc2n2c(=O)n(CC(=O)N3CCCCCC3)nc12. The summed E-state index contributed by atoms with van der Waals surface area (Å²) in [5, 5.41) is 4.49. The molecule has 1 fully saturated rings. The van der Waals surface area contributed by atoms with Gasteiger partial charge in [-0.05, 0) is 25.0 Å². The lowest BCUT2D eigenvalue weighted by Crippen LogP contribution is -2.37. The summed E-state index contributed by atoms with van der Waals surface area (Å²) >= 11 is 0. The van der Waals surface area contributed by atoms with E-state index < -0.39 is 0 Å².